The summed E-state index contributed by atoms with van der Waals surface area (Å²) >= 11 is 7.95. The van der Waals surface area contributed by atoms with Crippen LogP contribution in [0.1, 0.15) is 30.6 Å². The number of hydrogen-bond acceptors (Lipinski definition) is 2. The highest BCUT2D eigenvalue weighted by Gasteiger charge is 2.11. The Bertz CT molecular complexity index is 492. The summed E-state index contributed by atoms with van der Waals surface area (Å²) in [5.74, 6) is 0.148. The lowest BCUT2D eigenvalue weighted by Crippen LogP contribution is -2.32. The quantitative estimate of drug-likeness (QED) is 0.711. The van der Waals surface area contributed by atoms with Gasteiger partial charge in [-0.1, -0.05) is 25.4 Å². The molecule has 0 radical (unpaired) electrons. The van der Waals surface area contributed by atoms with Gasteiger partial charge in [0.15, 0.2) is 0 Å². The van der Waals surface area contributed by atoms with E-state index in [0.29, 0.717) is 29.6 Å². The lowest BCUT2D eigenvalue weighted by Gasteiger charge is -2.09. The van der Waals surface area contributed by atoms with Gasteiger partial charge < -0.3 is 10.6 Å². The van der Waals surface area contributed by atoms with Crippen molar-refractivity contribution in [2.45, 2.75) is 20.3 Å². The minimum absolute atomic E-state index is 0.0557. The van der Waals surface area contributed by atoms with Crippen LogP contribution in [-0.2, 0) is 4.79 Å². The van der Waals surface area contributed by atoms with Gasteiger partial charge in [0.2, 0.25) is 5.91 Å². The number of hydrogen-bond donors (Lipinski definition) is 2. The Morgan fingerprint density at radius 1 is 1.30 bits per heavy atom. The van der Waals surface area contributed by atoms with Crippen molar-refractivity contribution in [1.29, 1.82) is 0 Å². The largest absolute Gasteiger partial charge is 0.356 e. The van der Waals surface area contributed by atoms with Crippen LogP contribution in [0, 0.1) is 9.49 Å². The van der Waals surface area contributed by atoms with E-state index in [2.05, 4.69) is 33.2 Å². The molecule has 4 nitrogen and oxygen atoms in total. The van der Waals surface area contributed by atoms with Crippen LogP contribution in [0.5, 0.6) is 0 Å². The summed E-state index contributed by atoms with van der Waals surface area (Å²) in [6.45, 7) is 5.02. The van der Waals surface area contributed by atoms with E-state index in [-0.39, 0.29) is 18.2 Å². The second-order valence-electron chi connectivity index (χ2n) is 4.83. The van der Waals surface area contributed by atoms with Crippen LogP contribution in [-0.4, -0.2) is 24.9 Å². The van der Waals surface area contributed by atoms with Crippen molar-refractivity contribution in [2.24, 2.45) is 5.92 Å². The normalized spacial score (nSPS) is 10.4. The van der Waals surface area contributed by atoms with Gasteiger partial charge in [0.1, 0.15) is 0 Å². The van der Waals surface area contributed by atoms with Gasteiger partial charge in [0, 0.05) is 28.1 Å². The molecule has 110 valence electrons. The fraction of sp³-hybridized carbons (Fsp3) is 0.429. The molecule has 6 heteroatoms. The van der Waals surface area contributed by atoms with Gasteiger partial charge in [0.25, 0.3) is 5.91 Å². The molecule has 0 aliphatic carbocycles. The van der Waals surface area contributed by atoms with Crippen molar-refractivity contribution in [3.05, 3.63) is 32.4 Å². The molecule has 0 heterocycles. The molecule has 0 saturated heterocycles. The van der Waals surface area contributed by atoms with E-state index < -0.39 is 0 Å². The molecule has 0 unspecified atom stereocenters. The van der Waals surface area contributed by atoms with E-state index in [0.717, 1.165) is 3.57 Å². The maximum absolute atomic E-state index is 12.0. The first-order valence-corrected chi connectivity index (χ1v) is 7.85. The van der Waals surface area contributed by atoms with Crippen LogP contribution >= 0.6 is 34.2 Å². The third-order valence-corrected chi connectivity index (χ3v) is 3.69. The Balaban J connectivity index is 2.40. The zero-order valence-corrected chi connectivity index (χ0v) is 14.4. The van der Waals surface area contributed by atoms with Gasteiger partial charge >= 0.3 is 0 Å². The molecular formula is C14H18ClIN2O2. The van der Waals surface area contributed by atoms with Gasteiger partial charge in [0.05, 0.1) is 5.56 Å². The number of nitrogens with one attached hydrogen (secondary N) is 2. The van der Waals surface area contributed by atoms with E-state index in [9.17, 15) is 9.59 Å². The maximum atomic E-state index is 12.0. The molecule has 0 aliphatic rings. The SMILES string of the molecule is CC(C)CNC(=O)CCNC(=O)c1cc(Cl)ccc1I. The molecule has 0 spiro atoms. The average Bonchev–Trinajstić information content (AvgIpc) is 2.39. The van der Waals surface area contributed by atoms with Crippen molar-refractivity contribution in [1.82, 2.24) is 10.6 Å². The van der Waals surface area contributed by atoms with Crippen LogP contribution < -0.4 is 10.6 Å². The fourth-order valence-corrected chi connectivity index (χ4v) is 2.22. The van der Waals surface area contributed by atoms with Crippen molar-refractivity contribution in [3.63, 3.8) is 0 Å². The second kappa shape index (κ2) is 8.46. The first kappa shape index (κ1) is 17.2. The number of amides is 2. The van der Waals surface area contributed by atoms with E-state index in [1.54, 1.807) is 18.2 Å². The Morgan fingerprint density at radius 2 is 2.00 bits per heavy atom. The summed E-state index contributed by atoms with van der Waals surface area (Å²) in [5.41, 5.74) is 0.528. The van der Waals surface area contributed by atoms with Gasteiger partial charge in [-0.05, 0) is 46.7 Å². The van der Waals surface area contributed by atoms with Crippen molar-refractivity contribution < 1.29 is 9.59 Å². The van der Waals surface area contributed by atoms with Gasteiger partial charge in [-0.3, -0.25) is 9.59 Å². The van der Waals surface area contributed by atoms with Crippen LogP contribution in [0.2, 0.25) is 5.02 Å². The lowest BCUT2D eigenvalue weighted by molar-refractivity contribution is -0.121. The zero-order chi connectivity index (χ0) is 15.1. The minimum atomic E-state index is -0.214. The van der Waals surface area contributed by atoms with E-state index in [1.807, 2.05) is 13.8 Å². The summed E-state index contributed by atoms with van der Waals surface area (Å²) in [5, 5.41) is 6.04. The highest BCUT2D eigenvalue weighted by Crippen LogP contribution is 2.17. The standard InChI is InChI=1S/C14H18ClIN2O2/c1-9(2)8-18-13(19)5-6-17-14(20)11-7-10(15)3-4-12(11)16/h3-4,7,9H,5-6,8H2,1-2H3,(H,17,20)(H,18,19). The zero-order valence-electron chi connectivity index (χ0n) is 11.5. The molecule has 0 atom stereocenters. The Morgan fingerprint density at radius 3 is 2.65 bits per heavy atom. The summed E-state index contributed by atoms with van der Waals surface area (Å²) in [7, 11) is 0. The first-order valence-electron chi connectivity index (χ1n) is 6.40. The predicted molar refractivity (Wildman–Crippen MR) is 89.0 cm³/mol. The van der Waals surface area contributed by atoms with Crippen LogP contribution in [0.15, 0.2) is 18.2 Å². The number of halogens is 2. The molecule has 0 bridgehead atoms. The van der Waals surface area contributed by atoms with Gasteiger partial charge in [-0.2, -0.15) is 0 Å². The molecule has 1 aromatic carbocycles. The summed E-state index contributed by atoms with van der Waals surface area (Å²) < 4.78 is 0.828. The molecule has 1 rings (SSSR count). The molecule has 20 heavy (non-hydrogen) atoms. The number of carbonyl (C=O) groups is 2. The summed E-state index contributed by atoms with van der Waals surface area (Å²) in [4.78, 5) is 23.5. The highest BCUT2D eigenvalue weighted by atomic mass is 127. The smallest absolute Gasteiger partial charge is 0.252 e. The van der Waals surface area contributed by atoms with E-state index in [4.69, 9.17) is 11.6 Å². The third kappa shape index (κ3) is 6.09. The second-order valence-corrected chi connectivity index (χ2v) is 6.43. The van der Waals surface area contributed by atoms with Gasteiger partial charge in [-0.15, -0.1) is 0 Å². The molecule has 2 N–H and O–H groups in total. The Labute approximate surface area is 137 Å². The lowest BCUT2D eigenvalue weighted by atomic mass is 10.2. The molecule has 0 fully saturated rings. The van der Waals surface area contributed by atoms with Crippen LogP contribution in [0.3, 0.4) is 0 Å². The topological polar surface area (TPSA) is 58.2 Å². The van der Waals surface area contributed by atoms with Crippen LogP contribution in [0.25, 0.3) is 0 Å². The molecule has 2 amide bonds. The molecule has 0 aromatic heterocycles. The third-order valence-electron chi connectivity index (χ3n) is 2.52. The molecule has 0 aliphatic heterocycles. The Kier molecular flexibility index (Phi) is 7.29. The first-order chi connectivity index (χ1) is 9.40. The highest BCUT2D eigenvalue weighted by molar-refractivity contribution is 14.1. The molecule has 0 saturated carbocycles. The van der Waals surface area contributed by atoms with Crippen molar-refractivity contribution in [2.75, 3.05) is 13.1 Å². The monoisotopic (exact) mass is 408 g/mol. The van der Waals surface area contributed by atoms with Crippen molar-refractivity contribution in [3.8, 4) is 0 Å². The van der Waals surface area contributed by atoms with Gasteiger partial charge in [-0.25, -0.2) is 0 Å². The number of carbonyl (C=O) groups excluding carboxylic acids is 2. The van der Waals surface area contributed by atoms with Crippen LogP contribution in [0.4, 0.5) is 0 Å². The summed E-state index contributed by atoms with van der Waals surface area (Å²) in [6, 6.07) is 5.14. The van der Waals surface area contributed by atoms with E-state index >= 15 is 0 Å². The minimum Gasteiger partial charge on any atom is -0.356 e. The number of benzene rings is 1. The molecule has 1 aromatic rings. The Hall–Kier alpha value is -0.820. The van der Waals surface area contributed by atoms with Crippen molar-refractivity contribution >= 4 is 46.0 Å². The average molecular weight is 409 g/mol. The maximum Gasteiger partial charge on any atom is 0.252 e. The fourth-order valence-electron chi connectivity index (χ4n) is 1.46. The molecular weight excluding hydrogens is 391 g/mol. The predicted octanol–water partition coefficient (Wildman–Crippen LogP) is 2.84. The summed E-state index contributed by atoms with van der Waals surface area (Å²) in [6.07, 6.45) is 0.273. The number of rotatable bonds is 6. The van der Waals surface area contributed by atoms with E-state index in [1.165, 1.54) is 0 Å².